The maximum Gasteiger partial charge on any atom is 0.288 e. The maximum absolute atomic E-state index is 13.4. The molecule has 2 aromatic carbocycles. The predicted octanol–water partition coefficient (Wildman–Crippen LogP) is 1.93. The van der Waals surface area contributed by atoms with Gasteiger partial charge in [-0.15, -0.1) is 0 Å². The highest BCUT2D eigenvalue weighted by atomic mass is 32.2. The van der Waals surface area contributed by atoms with Gasteiger partial charge in [0.05, 0.1) is 11.2 Å². The second kappa shape index (κ2) is 10.1. The van der Waals surface area contributed by atoms with Crippen LogP contribution >= 0.6 is 0 Å². The molecule has 0 aliphatic carbocycles. The van der Waals surface area contributed by atoms with Crippen LogP contribution in [0.3, 0.4) is 0 Å². The third-order valence-electron chi connectivity index (χ3n) is 5.58. The van der Waals surface area contributed by atoms with Crippen molar-refractivity contribution in [2.24, 2.45) is 0 Å². The lowest BCUT2D eigenvalue weighted by atomic mass is 10.2. The molecule has 1 atom stereocenters. The van der Waals surface area contributed by atoms with Gasteiger partial charge >= 0.3 is 0 Å². The normalized spacial score (nSPS) is 14.9. The standard InChI is InChI=1S/C24H22FN3O6S/c25-18-8-10-19(11-9-18)35(32,33)22(26-21(29)20-7-4-16-34-20)24(31)28-14-12-27(13-15-28)23(30)17-5-2-1-3-6-17/h1-11,16,22H,12-15H2,(H,26,29). The zero-order valence-electron chi connectivity index (χ0n) is 18.5. The lowest BCUT2D eigenvalue weighted by Crippen LogP contribution is -2.57. The molecule has 0 radical (unpaired) electrons. The van der Waals surface area contributed by atoms with Crippen LogP contribution in [0.15, 0.2) is 82.3 Å². The Bertz CT molecular complexity index is 1300. The molecule has 1 unspecified atom stereocenters. The number of amides is 3. The first-order valence-corrected chi connectivity index (χ1v) is 12.3. The van der Waals surface area contributed by atoms with E-state index in [4.69, 9.17) is 4.42 Å². The molecule has 0 saturated carbocycles. The summed E-state index contributed by atoms with van der Waals surface area (Å²) in [5, 5.41) is 0.273. The van der Waals surface area contributed by atoms with Crippen LogP contribution in [0.4, 0.5) is 4.39 Å². The Labute approximate surface area is 201 Å². The number of furan rings is 1. The van der Waals surface area contributed by atoms with Gasteiger partial charge in [-0.3, -0.25) is 14.4 Å². The topological polar surface area (TPSA) is 117 Å². The Hall–Kier alpha value is -3.99. The molecule has 11 heteroatoms. The van der Waals surface area contributed by atoms with Crippen molar-refractivity contribution in [2.75, 3.05) is 26.2 Å². The predicted molar refractivity (Wildman–Crippen MR) is 122 cm³/mol. The number of nitrogens with zero attached hydrogens (tertiary/aromatic N) is 2. The number of benzene rings is 2. The Morgan fingerprint density at radius 1 is 0.857 bits per heavy atom. The summed E-state index contributed by atoms with van der Waals surface area (Å²) in [5.41, 5.74) is 0.509. The van der Waals surface area contributed by atoms with E-state index in [2.05, 4.69) is 5.32 Å². The van der Waals surface area contributed by atoms with E-state index in [1.807, 2.05) is 0 Å². The second-order valence-electron chi connectivity index (χ2n) is 7.81. The summed E-state index contributed by atoms with van der Waals surface area (Å²) in [4.78, 5) is 41.2. The quantitative estimate of drug-likeness (QED) is 0.518. The molecule has 182 valence electrons. The van der Waals surface area contributed by atoms with Crippen LogP contribution in [0.2, 0.25) is 0 Å². The Kier molecular flexibility index (Phi) is 6.97. The number of sulfone groups is 1. The average Bonchev–Trinajstić information content (AvgIpc) is 3.42. The molecule has 35 heavy (non-hydrogen) atoms. The van der Waals surface area contributed by atoms with E-state index in [-0.39, 0.29) is 42.7 Å². The molecule has 1 saturated heterocycles. The Balaban J connectivity index is 1.54. The minimum atomic E-state index is -4.44. The van der Waals surface area contributed by atoms with Crippen LogP contribution in [0.1, 0.15) is 20.9 Å². The average molecular weight is 500 g/mol. The van der Waals surface area contributed by atoms with Crippen LogP contribution in [-0.4, -0.2) is 67.5 Å². The number of nitrogens with one attached hydrogen (secondary N) is 1. The minimum absolute atomic E-state index is 0.0729. The number of rotatable bonds is 6. The molecule has 1 aromatic heterocycles. The van der Waals surface area contributed by atoms with Crippen LogP contribution in [0, 0.1) is 5.82 Å². The van der Waals surface area contributed by atoms with Gasteiger partial charge in [0.1, 0.15) is 5.82 Å². The summed E-state index contributed by atoms with van der Waals surface area (Å²) >= 11 is 0. The van der Waals surface area contributed by atoms with E-state index >= 15 is 0 Å². The van der Waals surface area contributed by atoms with Gasteiger partial charge in [-0.2, -0.15) is 0 Å². The molecule has 9 nitrogen and oxygen atoms in total. The number of piperazine rings is 1. The molecule has 1 aliphatic rings. The van der Waals surface area contributed by atoms with E-state index in [1.54, 1.807) is 35.2 Å². The third kappa shape index (κ3) is 5.24. The second-order valence-corrected chi connectivity index (χ2v) is 9.85. The molecule has 1 fully saturated rings. The molecule has 4 rings (SSSR count). The lowest BCUT2D eigenvalue weighted by molar-refractivity contribution is -0.132. The van der Waals surface area contributed by atoms with Crippen molar-refractivity contribution >= 4 is 27.6 Å². The van der Waals surface area contributed by atoms with E-state index in [1.165, 1.54) is 23.3 Å². The fourth-order valence-electron chi connectivity index (χ4n) is 3.69. The number of hydrogen-bond acceptors (Lipinski definition) is 6. The number of carbonyl (C=O) groups excluding carboxylic acids is 3. The third-order valence-corrected chi connectivity index (χ3v) is 7.45. The van der Waals surface area contributed by atoms with Crippen molar-refractivity contribution in [3.8, 4) is 0 Å². The van der Waals surface area contributed by atoms with Crippen LogP contribution in [-0.2, 0) is 14.6 Å². The van der Waals surface area contributed by atoms with E-state index in [0.29, 0.717) is 5.56 Å². The molecule has 0 bridgehead atoms. The largest absolute Gasteiger partial charge is 0.459 e. The Morgan fingerprint density at radius 2 is 1.49 bits per heavy atom. The smallest absolute Gasteiger partial charge is 0.288 e. The van der Waals surface area contributed by atoms with Gasteiger partial charge in [-0.05, 0) is 48.5 Å². The summed E-state index contributed by atoms with van der Waals surface area (Å²) in [6.45, 7) is 0.525. The summed E-state index contributed by atoms with van der Waals surface area (Å²) in [6, 6.07) is 15.4. The fraction of sp³-hybridized carbons (Fsp3) is 0.208. The number of carbonyl (C=O) groups is 3. The van der Waals surface area contributed by atoms with Gasteiger partial charge < -0.3 is 19.5 Å². The van der Waals surface area contributed by atoms with E-state index < -0.39 is 32.8 Å². The fourth-order valence-corrected chi connectivity index (χ4v) is 5.15. The van der Waals surface area contributed by atoms with Crippen molar-refractivity contribution in [3.63, 3.8) is 0 Å². The van der Waals surface area contributed by atoms with E-state index in [0.717, 1.165) is 24.3 Å². The first kappa shape index (κ1) is 24.1. The number of hydrogen-bond donors (Lipinski definition) is 1. The van der Waals surface area contributed by atoms with Gasteiger partial charge in [0.15, 0.2) is 5.76 Å². The summed E-state index contributed by atoms with van der Waals surface area (Å²) in [5.74, 6) is -2.77. The molecule has 1 aliphatic heterocycles. The van der Waals surface area contributed by atoms with Gasteiger partial charge in [0.25, 0.3) is 17.7 Å². The minimum Gasteiger partial charge on any atom is -0.459 e. The first-order valence-electron chi connectivity index (χ1n) is 10.7. The Morgan fingerprint density at radius 3 is 2.09 bits per heavy atom. The van der Waals surface area contributed by atoms with Crippen molar-refractivity contribution in [1.82, 2.24) is 15.1 Å². The molecule has 3 amide bonds. The van der Waals surface area contributed by atoms with Gasteiger partial charge in [-0.25, -0.2) is 12.8 Å². The van der Waals surface area contributed by atoms with Crippen molar-refractivity contribution < 1.29 is 31.6 Å². The summed E-state index contributed by atoms with van der Waals surface area (Å²) < 4.78 is 45.0. The van der Waals surface area contributed by atoms with Crippen LogP contribution in [0.25, 0.3) is 0 Å². The lowest BCUT2D eigenvalue weighted by Gasteiger charge is -2.36. The van der Waals surface area contributed by atoms with Gasteiger partial charge in [0, 0.05) is 31.7 Å². The first-order chi connectivity index (χ1) is 16.8. The maximum atomic E-state index is 13.4. The molecular weight excluding hydrogens is 477 g/mol. The summed E-state index contributed by atoms with van der Waals surface area (Å²) in [6.07, 6.45) is 1.24. The van der Waals surface area contributed by atoms with Crippen molar-refractivity contribution in [3.05, 3.63) is 90.1 Å². The zero-order valence-corrected chi connectivity index (χ0v) is 19.3. The zero-order chi connectivity index (χ0) is 25.0. The highest BCUT2D eigenvalue weighted by Crippen LogP contribution is 2.19. The number of halogens is 1. The molecule has 0 spiro atoms. The molecule has 2 heterocycles. The molecule has 3 aromatic rings. The van der Waals surface area contributed by atoms with E-state index in [9.17, 15) is 27.2 Å². The SMILES string of the molecule is O=C(NC(C(=O)N1CCN(C(=O)c2ccccc2)CC1)S(=O)(=O)c1ccc(F)cc1)c1ccco1. The monoisotopic (exact) mass is 499 g/mol. The summed E-state index contributed by atoms with van der Waals surface area (Å²) in [7, 11) is -4.44. The van der Waals surface area contributed by atoms with Crippen molar-refractivity contribution in [2.45, 2.75) is 10.3 Å². The van der Waals surface area contributed by atoms with Crippen LogP contribution < -0.4 is 5.32 Å². The van der Waals surface area contributed by atoms with Crippen LogP contribution in [0.5, 0.6) is 0 Å². The molecule has 1 N–H and O–H groups in total. The highest BCUT2D eigenvalue weighted by Gasteiger charge is 2.40. The van der Waals surface area contributed by atoms with Gasteiger partial charge in [-0.1, -0.05) is 18.2 Å². The van der Waals surface area contributed by atoms with Crippen molar-refractivity contribution in [1.29, 1.82) is 0 Å². The molecular formula is C24H22FN3O6S. The highest BCUT2D eigenvalue weighted by molar-refractivity contribution is 7.92. The van der Waals surface area contributed by atoms with Gasteiger partial charge in [0.2, 0.25) is 15.2 Å².